The van der Waals surface area contributed by atoms with Crippen molar-refractivity contribution in [1.29, 1.82) is 0 Å². The van der Waals surface area contributed by atoms with Crippen molar-refractivity contribution in [2.24, 2.45) is 0 Å². The van der Waals surface area contributed by atoms with Gasteiger partial charge in [-0.3, -0.25) is 0 Å². The van der Waals surface area contributed by atoms with E-state index in [2.05, 4.69) is 0 Å². The molecule has 0 aliphatic rings. The standard InChI is InChI=1S/C10H11BO3S/c1-6-3-7(14-2)4-9-8(6)5-10(15-9)11(12)13/h3-5,12-13H,1-2H3. The van der Waals surface area contributed by atoms with Gasteiger partial charge in [0.25, 0.3) is 0 Å². The molecule has 3 nitrogen and oxygen atoms in total. The fourth-order valence-corrected chi connectivity index (χ4v) is 2.59. The van der Waals surface area contributed by atoms with E-state index >= 15 is 0 Å². The van der Waals surface area contributed by atoms with Crippen LogP contribution in [0.5, 0.6) is 5.75 Å². The molecule has 0 saturated heterocycles. The van der Waals surface area contributed by atoms with Crippen LogP contribution in [0.25, 0.3) is 10.1 Å². The summed E-state index contributed by atoms with van der Waals surface area (Å²) in [7, 11) is 0.225. The third-order valence-corrected chi connectivity index (χ3v) is 3.45. The van der Waals surface area contributed by atoms with Crippen molar-refractivity contribution in [2.45, 2.75) is 6.92 Å². The molecule has 78 valence electrons. The molecule has 1 heterocycles. The molecule has 0 saturated carbocycles. The van der Waals surface area contributed by atoms with E-state index in [4.69, 9.17) is 14.8 Å². The maximum Gasteiger partial charge on any atom is 0.499 e. The van der Waals surface area contributed by atoms with Gasteiger partial charge in [-0.05, 0) is 36.1 Å². The van der Waals surface area contributed by atoms with E-state index in [-0.39, 0.29) is 0 Å². The average molecular weight is 222 g/mol. The molecule has 2 rings (SSSR count). The molecule has 0 atom stereocenters. The number of hydrogen-bond acceptors (Lipinski definition) is 4. The zero-order valence-corrected chi connectivity index (χ0v) is 9.34. The second-order valence-electron chi connectivity index (χ2n) is 3.38. The first-order chi connectivity index (χ1) is 7.11. The van der Waals surface area contributed by atoms with E-state index in [1.165, 1.54) is 11.3 Å². The van der Waals surface area contributed by atoms with Crippen LogP contribution in [0.2, 0.25) is 0 Å². The predicted molar refractivity (Wildman–Crippen MR) is 62.9 cm³/mol. The fraction of sp³-hybridized carbons (Fsp3) is 0.200. The summed E-state index contributed by atoms with van der Waals surface area (Å²) in [5.74, 6) is 0.792. The normalized spacial score (nSPS) is 10.7. The minimum atomic E-state index is -1.40. The Morgan fingerprint density at radius 2 is 2.00 bits per heavy atom. The Hall–Kier alpha value is -1.04. The maximum atomic E-state index is 9.08. The predicted octanol–water partition coefficient (Wildman–Crippen LogP) is 0.898. The Balaban J connectivity index is 2.64. The summed E-state index contributed by atoms with van der Waals surface area (Å²) in [5.41, 5.74) is 1.08. The highest BCUT2D eigenvalue weighted by Gasteiger charge is 2.15. The van der Waals surface area contributed by atoms with Gasteiger partial charge in [0.15, 0.2) is 0 Å². The van der Waals surface area contributed by atoms with Crippen molar-refractivity contribution < 1.29 is 14.8 Å². The monoisotopic (exact) mass is 222 g/mol. The molecule has 5 heteroatoms. The molecule has 0 spiro atoms. The van der Waals surface area contributed by atoms with E-state index < -0.39 is 7.12 Å². The number of rotatable bonds is 2. The number of aryl methyl sites for hydroxylation is 1. The third-order valence-electron chi connectivity index (χ3n) is 2.33. The molecule has 1 aromatic carbocycles. The molecule has 0 aliphatic heterocycles. The van der Waals surface area contributed by atoms with Crippen LogP contribution >= 0.6 is 11.3 Å². The number of methoxy groups -OCH3 is 1. The van der Waals surface area contributed by atoms with Crippen molar-refractivity contribution in [2.75, 3.05) is 7.11 Å². The van der Waals surface area contributed by atoms with Crippen LogP contribution in [0.3, 0.4) is 0 Å². The first-order valence-electron chi connectivity index (χ1n) is 4.56. The number of ether oxygens (including phenoxy) is 1. The first kappa shape index (κ1) is 10.5. The van der Waals surface area contributed by atoms with Gasteiger partial charge in [0, 0.05) is 9.48 Å². The summed E-state index contributed by atoms with van der Waals surface area (Å²) in [5, 5.41) is 19.2. The largest absolute Gasteiger partial charge is 0.499 e. The second kappa shape index (κ2) is 3.85. The molecule has 0 bridgehead atoms. The Morgan fingerprint density at radius 3 is 2.60 bits per heavy atom. The SMILES string of the molecule is COc1cc(C)c2cc(B(O)O)sc2c1. The van der Waals surface area contributed by atoms with Crippen LogP contribution in [0.1, 0.15) is 5.56 Å². The van der Waals surface area contributed by atoms with Crippen LogP contribution < -0.4 is 9.51 Å². The highest BCUT2D eigenvalue weighted by Crippen LogP contribution is 2.27. The van der Waals surface area contributed by atoms with Gasteiger partial charge in [-0.15, -0.1) is 11.3 Å². The molecule has 0 radical (unpaired) electrons. The molecule has 2 N–H and O–H groups in total. The quantitative estimate of drug-likeness (QED) is 0.742. The highest BCUT2D eigenvalue weighted by molar-refractivity contribution is 7.27. The molecule has 0 aliphatic carbocycles. The van der Waals surface area contributed by atoms with Gasteiger partial charge in [-0.25, -0.2) is 0 Å². The average Bonchev–Trinajstić information content (AvgIpc) is 2.61. The van der Waals surface area contributed by atoms with E-state index in [0.717, 1.165) is 21.4 Å². The summed E-state index contributed by atoms with van der Waals surface area (Å²) >= 11 is 1.37. The van der Waals surface area contributed by atoms with Crippen LogP contribution in [0, 0.1) is 6.92 Å². The lowest BCUT2D eigenvalue weighted by Crippen LogP contribution is -2.26. The number of benzene rings is 1. The Bertz CT molecular complexity index is 493. The Morgan fingerprint density at radius 1 is 1.27 bits per heavy atom. The number of thiophene rings is 1. The van der Waals surface area contributed by atoms with Crippen LogP contribution in [0.15, 0.2) is 18.2 Å². The Labute approximate surface area is 92.1 Å². The highest BCUT2D eigenvalue weighted by atomic mass is 32.1. The summed E-state index contributed by atoms with van der Waals surface area (Å²) < 4.78 is 6.72. The van der Waals surface area contributed by atoms with Crippen molar-refractivity contribution in [3.05, 3.63) is 23.8 Å². The van der Waals surface area contributed by atoms with Crippen LogP contribution in [-0.2, 0) is 0 Å². The van der Waals surface area contributed by atoms with Gasteiger partial charge < -0.3 is 14.8 Å². The van der Waals surface area contributed by atoms with E-state index in [9.17, 15) is 0 Å². The van der Waals surface area contributed by atoms with Crippen molar-refractivity contribution in [3.63, 3.8) is 0 Å². The summed E-state index contributed by atoms with van der Waals surface area (Å²) in [6, 6.07) is 5.64. The zero-order chi connectivity index (χ0) is 11.0. The summed E-state index contributed by atoms with van der Waals surface area (Å²) in [6.45, 7) is 1.98. The molecule has 1 aromatic heterocycles. The molecule has 15 heavy (non-hydrogen) atoms. The first-order valence-corrected chi connectivity index (χ1v) is 5.37. The van der Waals surface area contributed by atoms with Gasteiger partial charge in [0.1, 0.15) is 5.75 Å². The van der Waals surface area contributed by atoms with Crippen LogP contribution in [0.4, 0.5) is 0 Å². The van der Waals surface area contributed by atoms with Gasteiger partial charge in [-0.2, -0.15) is 0 Å². The van der Waals surface area contributed by atoms with Crippen molar-refractivity contribution >= 4 is 33.3 Å². The lowest BCUT2D eigenvalue weighted by atomic mass is 9.89. The number of fused-ring (bicyclic) bond motifs is 1. The third kappa shape index (κ3) is 1.86. The van der Waals surface area contributed by atoms with E-state index in [0.29, 0.717) is 4.78 Å². The maximum absolute atomic E-state index is 9.08. The van der Waals surface area contributed by atoms with Crippen molar-refractivity contribution in [1.82, 2.24) is 0 Å². The molecular weight excluding hydrogens is 211 g/mol. The lowest BCUT2D eigenvalue weighted by Gasteiger charge is -2.01. The zero-order valence-electron chi connectivity index (χ0n) is 8.52. The van der Waals surface area contributed by atoms with Gasteiger partial charge >= 0.3 is 7.12 Å². The summed E-state index contributed by atoms with van der Waals surface area (Å²) in [4.78, 5) is 0. The molecule has 0 amide bonds. The minimum Gasteiger partial charge on any atom is -0.497 e. The smallest absolute Gasteiger partial charge is 0.497 e. The number of hydrogen-bond donors (Lipinski definition) is 2. The topological polar surface area (TPSA) is 49.7 Å². The Kier molecular flexibility index (Phi) is 2.69. The van der Waals surface area contributed by atoms with Crippen LogP contribution in [-0.4, -0.2) is 24.3 Å². The van der Waals surface area contributed by atoms with E-state index in [1.54, 1.807) is 13.2 Å². The minimum absolute atomic E-state index is 0.557. The van der Waals surface area contributed by atoms with E-state index in [1.807, 2.05) is 19.1 Å². The van der Waals surface area contributed by atoms with Crippen molar-refractivity contribution in [3.8, 4) is 5.75 Å². The molecule has 0 unspecified atom stereocenters. The van der Waals surface area contributed by atoms with Gasteiger partial charge in [-0.1, -0.05) is 0 Å². The van der Waals surface area contributed by atoms with Gasteiger partial charge in [0.2, 0.25) is 0 Å². The summed E-state index contributed by atoms with van der Waals surface area (Å²) in [6.07, 6.45) is 0. The van der Waals surface area contributed by atoms with Gasteiger partial charge in [0.05, 0.1) is 7.11 Å². The molecule has 0 fully saturated rings. The molecule has 2 aromatic rings. The lowest BCUT2D eigenvalue weighted by molar-refractivity contribution is 0.415. The molecular formula is C10H11BO3S. The second-order valence-corrected chi connectivity index (χ2v) is 4.49. The fourth-order valence-electron chi connectivity index (χ4n) is 1.55.